The lowest BCUT2D eigenvalue weighted by Crippen LogP contribution is -2.41. The third-order valence-electron chi connectivity index (χ3n) is 3.16. The molecule has 0 aromatic heterocycles. The first kappa shape index (κ1) is 15.4. The van der Waals surface area contributed by atoms with Gasteiger partial charge < -0.3 is 10.4 Å². The van der Waals surface area contributed by atoms with E-state index in [-0.39, 0.29) is 5.56 Å². The molecule has 3 nitrogen and oxygen atoms in total. The molecule has 110 valence electrons. The molecule has 0 radical (unpaired) electrons. The number of carboxylic acids is 1. The van der Waals surface area contributed by atoms with Gasteiger partial charge in [-0.25, -0.2) is 13.6 Å². The fourth-order valence-corrected chi connectivity index (χ4v) is 2.21. The molecule has 0 amide bonds. The van der Waals surface area contributed by atoms with Gasteiger partial charge >= 0.3 is 5.97 Å². The van der Waals surface area contributed by atoms with E-state index in [0.29, 0.717) is 5.69 Å². The van der Waals surface area contributed by atoms with E-state index in [1.54, 1.807) is 24.3 Å². The first-order valence-electron chi connectivity index (χ1n) is 6.06. The van der Waals surface area contributed by atoms with Crippen molar-refractivity contribution in [2.24, 2.45) is 0 Å². The van der Waals surface area contributed by atoms with Crippen molar-refractivity contribution in [3.8, 4) is 0 Å². The van der Waals surface area contributed by atoms with Gasteiger partial charge in [0.1, 0.15) is 0 Å². The zero-order valence-electron chi connectivity index (χ0n) is 11.0. The molecular weight excluding hydrogens is 344 g/mol. The highest BCUT2D eigenvalue weighted by Gasteiger charge is 2.38. The molecule has 2 N–H and O–H groups in total. The summed E-state index contributed by atoms with van der Waals surface area (Å²) in [6, 6.07) is 10.2. The molecule has 0 bridgehead atoms. The number of hydrogen-bond acceptors (Lipinski definition) is 2. The predicted molar refractivity (Wildman–Crippen MR) is 79.1 cm³/mol. The van der Waals surface area contributed by atoms with E-state index in [1.807, 2.05) is 0 Å². The van der Waals surface area contributed by atoms with Crippen molar-refractivity contribution in [2.75, 3.05) is 5.32 Å². The summed E-state index contributed by atoms with van der Waals surface area (Å²) >= 11 is 3.27. The molecule has 0 saturated heterocycles. The van der Waals surface area contributed by atoms with Crippen molar-refractivity contribution >= 4 is 27.6 Å². The summed E-state index contributed by atoms with van der Waals surface area (Å²) in [6.45, 7) is 1.29. The minimum Gasteiger partial charge on any atom is -0.479 e. The first-order chi connectivity index (χ1) is 9.84. The van der Waals surface area contributed by atoms with Crippen LogP contribution in [-0.2, 0) is 10.3 Å². The molecule has 0 saturated carbocycles. The number of halogens is 3. The highest BCUT2D eigenvalue weighted by Crippen LogP contribution is 2.30. The molecule has 2 aromatic carbocycles. The van der Waals surface area contributed by atoms with Gasteiger partial charge in [0, 0.05) is 15.7 Å². The second kappa shape index (κ2) is 5.81. The Balaban J connectivity index is 2.48. The monoisotopic (exact) mass is 355 g/mol. The smallest absolute Gasteiger partial charge is 0.333 e. The molecule has 1 atom stereocenters. The van der Waals surface area contributed by atoms with Crippen molar-refractivity contribution in [1.29, 1.82) is 0 Å². The Morgan fingerprint density at radius 1 is 1.19 bits per heavy atom. The highest BCUT2D eigenvalue weighted by atomic mass is 79.9. The molecule has 6 heteroatoms. The van der Waals surface area contributed by atoms with E-state index in [9.17, 15) is 18.7 Å². The zero-order chi connectivity index (χ0) is 15.6. The van der Waals surface area contributed by atoms with E-state index < -0.39 is 23.1 Å². The lowest BCUT2D eigenvalue weighted by molar-refractivity contribution is -0.142. The van der Waals surface area contributed by atoms with Crippen LogP contribution < -0.4 is 5.32 Å². The van der Waals surface area contributed by atoms with Gasteiger partial charge in [0.05, 0.1) is 0 Å². The van der Waals surface area contributed by atoms with Crippen LogP contribution in [0, 0.1) is 11.6 Å². The Morgan fingerprint density at radius 3 is 2.38 bits per heavy atom. The van der Waals surface area contributed by atoms with Crippen molar-refractivity contribution in [2.45, 2.75) is 12.5 Å². The Kier molecular flexibility index (Phi) is 4.27. The lowest BCUT2D eigenvalue weighted by atomic mass is 9.91. The fourth-order valence-electron chi connectivity index (χ4n) is 1.95. The maximum Gasteiger partial charge on any atom is 0.333 e. The number of anilines is 1. The molecule has 0 spiro atoms. The Labute approximate surface area is 128 Å². The molecule has 1 unspecified atom stereocenters. The number of nitrogens with one attached hydrogen (secondary N) is 1. The van der Waals surface area contributed by atoms with Gasteiger partial charge in [0.25, 0.3) is 0 Å². The van der Waals surface area contributed by atoms with Crippen LogP contribution in [0.4, 0.5) is 14.5 Å². The quantitative estimate of drug-likeness (QED) is 0.866. The van der Waals surface area contributed by atoms with Crippen LogP contribution in [0.25, 0.3) is 0 Å². The molecule has 0 aliphatic carbocycles. The molecule has 2 aromatic rings. The number of rotatable bonds is 4. The summed E-state index contributed by atoms with van der Waals surface area (Å²) in [7, 11) is 0. The zero-order valence-corrected chi connectivity index (χ0v) is 12.6. The summed E-state index contributed by atoms with van der Waals surface area (Å²) in [4.78, 5) is 11.6. The third kappa shape index (κ3) is 3.05. The number of carbonyl (C=O) groups is 1. The van der Waals surface area contributed by atoms with Crippen LogP contribution in [0.2, 0.25) is 0 Å². The van der Waals surface area contributed by atoms with Crippen LogP contribution >= 0.6 is 15.9 Å². The number of hydrogen-bond donors (Lipinski definition) is 2. The summed E-state index contributed by atoms with van der Waals surface area (Å²) in [6.07, 6.45) is 0. The van der Waals surface area contributed by atoms with Crippen LogP contribution in [0.5, 0.6) is 0 Å². The summed E-state index contributed by atoms with van der Waals surface area (Å²) in [5, 5.41) is 12.2. The number of aliphatic carboxylic acids is 1. The fraction of sp³-hybridized carbons (Fsp3) is 0.133. The molecule has 0 fully saturated rings. The van der Waals surface area contributed by atoms with Crippen LogP contribution in [-0.4, -0.2) is 11.1 Å². The van der Waals surface area contributed by atoms with E-state index in [4.69, 9.17) is 0 Å². The first-order valence-corrected chi connectivity index (χ1v) is 6.85. The number of benzene rings is 2. The van der Waals surface area contributed by atoms with E-state index in [1.165, 1.54) is 19.1 Å². The van der Waals surface area contributed by atoms with Gasteiger partial charge in [-0.1, -0.05) is 28.1 Å². The van der Waals surface area contributed by atoms with Crippen molar-refractivity contribution in [3.63, 3.8) is 0 Å². The second-order valence-corrected chi connectivity index (χ2v) is 5.58. The third-order valence-corrected chi connectivity index (χ3v) is 3.69. The SMILES string of the molecule is CC(Nc1ccc(Br)cc1)(C(=O)O)c1cccc(F)c1F. The minimum atomic E-state index is -1.79. The Hall–Kier alpha value is -1.95. The van der Waals surface area contributed by atoms with Gasteiger partial charge in [-0.3, -0.25) is 0 Å². The van der Waals surface area contributed by atoms with E-state index in [2.05, 4.69) is 21.2 Å². The summed E-state index contributed by atoms with van der Waals surface area (Å²) in [5.41, 5.74) is -1.58. The Morgan fingerprint density at radius 2 is 1.81 bits per heavy atom. The average molecular weight is 356 g/mol. The van der Waals surface area contributed by atoms with Gasteiger partial charge in [-0.15, -0.1) is 0 Å². The Bertz CT molecular complexity index is 676. The number of carboxylic acid groups (broad SMARTS) is 1. The standard InChI is InChI=1S/C15H12BrF2NO2/c1-15(14(20)21,11-3-2-4-12(17)13(11)18)19-10-7-5-9(16)6-8-10/h2-8,19H,1H3,(H,20,21). The van der Waals surface area contributed by atoms with E-state index >= 15 is 0 Å². The molecule has 2 rings (SSSR count). The molecule has 0 aliphatic rings. The summed E-state index contributed by atoms with van der Waals surface area (Å²) in [5.74, 6) is -3.57. The van der Waals surface area contributed by atoms with Crippen molar-refractivity contribution < 1.29 is 18.7 Å². The summed E-state index contributed by atoms with van der Waals surface area (Å²) < 4.78 is 28.1. The normalized spacial score (nSPS) is 13.5. The van der Waals surface area contributed by atoms with Crippen molar-refractivity contribution in [1.82, 2.24) is 0 Å². The molecule has 21 heavy (non-hydrogen) atoms. The van der Waals surface area contributed by atoms with Crippen LogP contribution in [0.15, 0.2) is 46.9 Å². The topological polar surface area (TPSA) is 49.3 Å². The van der Waals surface area contributed by atoms with Crippen molar-refractivity contribution in [3.05, 3.63) is 64.1 Å². The maximum atomic E-state index is 13.9. The molecule has 0 heterocycles. The van der Waals surface area contributed by atoms with Crippen LogP contribution in [0.3, 0.4) is 0 Å². The highest BCUT2D eigenvalue weighted by molar-refractivity contribution is 9.10. The minimum absolute atomic E-state index is 0.266. The van der Waals surface area contributed by atoms with Gasteiger partial charge in [0.15, 0.2) is 17.2 Å². The van der Waals surface area contributed by atoms with E-state index in [0.717, 1.165) is 10.5 Å². The maximum absolute atomic E-state index is 13.9. The van der Waals surface area contributed by atoms with Gasteiger partial charge in [-0.05, 0) is 37.3 Å². The van der Waals surface area contributed by atoms with Crippen LogP contribution in [0.1, 0.15) is 12.5 Å². The van der Waals surface area contributed by atoms with Gasteiger partial charge in [0.2, 0.25) is 0 Å². The van der Waals surface area contributed by atoms with Gasteiger partial charge in [-0.2, -0.15) is 0 Å². The average Bonchev–Trinajstić information content (AvgIpc) is 2.44. The second-order valence-electron chi connectivity index (χ2n) is 4.66. The predicted octanol–water partition coefficient (Wildman–Crippen LogP) is 4.14. The lowest BCUT2D eigenvalue weighted by Gasteiger charge is -2.28. The largest absolute Gasteiger partial charge is 0.479 e. The molecular formula is C15H12BrF2NO2. The molecule has 0 aliphatic heterocycles.